The van der Waals surface area contributed by atoms with Crippen molar-refractivity contribution in [3.63, 3.8) is 0 Å². The lowest BCUT2D eigenvalue weighted by molar-refractivity contribution is -0.217. The fourth-order valence-electron chi connectivity index (χ4n) is 8.89. The predicted octanol–water partition coefficient (Wildman–Crippen LogP) is 4.33. The van der Waals surface area contributed by atoms with Gasteiger partial charge in [0.1, 0.15) is 41.2 Å². The summed E-state index contributed by atoms with van der Waals surface area (Å²) in [7, 11) is 0. The van der Waals surface area contributed by atoms with E-state index < -0.39 is 77.8 Å². The maximum atomic E-state index is 14.8. The first-order chi connectivity index (χ1) is 26.4. The highest BCUT2D eigenvalue weighted by atomic mass is 16.8. The monoisotopic (exact) mass is 752 g/mol. The molecule has 3 aromatic rings. The van der Waals surface area contributed by atoms with E-state index in [4.69, 9.17) is 23.8 Å². The Morgan fingerprint density at radius 3 is 2.38 bits per heavy atom. The quantitative estimate of drug-likeness (QED) is 0.240. The van der Waals surface area contributed by atoms with Gasteiger partial charge in [0.2, 0.25) is 5.91 Å². The second kappa shape index (κ2) is 14.5. The van der Waals surface area contributed by atoms with Crippen molar-refractivity contribution in [1.29, 1.82) is 0 Å². The molecule has 8 rings (SSSR count). The molecule has 55 heavy (non-hydrogen) atoms. The number of fused-ring (bicyclic) bond motifs is 5. The third-order valence-electron chi connectivity index (χ3n) is 11.3. The van der Waals surface area contributed by atoms with Crippen LogP contribution in [0.25, 0.3) is 6.08 Å². The summed E-state index contributed by atoms with van der Waals surface area (Å²) in [5, 5.41) is 25.0. The lowest BCUT2D eigenvalue weighted by atomic mass is 9.62. The molecule has 12 heteroatoms. The van der Waals surface area contributed by atoms with Gasteiger partial charge in [0, 0.05) is 25.7 Å². The van der Waals surface area contributed by atoms with Gasteiger partial charge in [-0.15, -0.1) is 0 Å². The summed E-state index contributed by atoms with van der Waals surface area (Å²) in [6.07, 6.45) is 2.77. The number of aliphatic hydroxyl groups is 1. The minimum atomic E-state index is -1.44. The Kier molecular flexibility index (Phi) is 9.83. The molecule has 2 bridgehead atoms. The maximum absolute atomic E-state index is 14.8. The molecule has 5 aliphatic rings. The number of hydroxylamine groups is 2. The number of carbonyl (C=O) groups excluding carboxylic acids is 3. The van der Waals surface area contributed by atoms with Gasteiger partial charge in [0.05, 0.1) is 19.2 Å². The zero-order chi connectivity index (χ0) is 38.5. The molecule has 0 aromatic heterocycles. The van der Waals surface area contributed by atoms with Crippen LogP contribution in [0.5, 0.6) is 5.75 Å². The van der Waals surface area contributed by atoms with Crippen molar-refractivity contribution in [2.24, 2.45) is 5.41 Å². The topological polar surface area (TPSA) is 153 Å². The molecule has 3 aromatic carbocycles. The van der Waals surface area contributed by atoms with Gasteiger partial charge in [-0.2, -0.15) is 5.06 Å². The molecule has 3 saturated heterocycles. The van der Waals surface area contributed by atoms with Crippen molar-refractivity contribution in [3.8, 4) is 5.75 Å². The number of nitrogens with zero attached hydrogens (tertiary/aromatic N) is 1. The van der Waals surface area contributed by atoms with Crippen LogP contribution in [0.15, 0.2) is 78.9 Å². The first-order valence-electron chi connectivity index (χ1n) is 19.1. The molecule has 3 aliphatic heterocycles. The van der Waals surface area contributed by atoms with Crippen LogP contribution < -0.4 is 5.32 Å². The number of ether oxygens (including phenoxy) is 4. The number of hydrogen-bond acceptors (Lipinski definition) is 11. The van der Waals surface area contributed by atoms with E-state index in [2.05, 4.69) is 17.4 Å². The highest BCUT2D eigenvalue weighted by molar-refractivity contribution is 5.94. The van der Waals surface area contributed by atoms with Gasteiger partial charge in [-0.3, -0.25) is 19.2 Å². The maximum Gasteiger partial charge on any atom is 0.327 e. The minimum Gasteiger partial charge on any atom is -0.508 e. The summed E-state index contributed by atoms with van der Waals surface area (Å²) in [6.45, 7) is 5.09. The average Bonchev–Trinajstić information content (AvgIpc) is 3.82. The molecule has 7 atom stereocenters. The first kappa shape index (κ1) is 37.3. The van der Waals surface area contributed by atoms with E-state index in [9.17, 15) is 24.6 Å². The fourth-order valence-corrected chi connectivity index (χ4v) is 8.89. The van der Waals surface area contributed by atoms with E-state index >= 15 is 0 Å². The number of nitrogens with one attached hydrogen (secondary N) is 1. The van der Waals surface area contributed by atoms with Gasteiger partial charge >= 0.3 is 11.9 Å². The number of para-hydroxylation sites is 1. The van der Waals surface area contributed by atoms with Crippen LogP contribution >= 0.6 is 0 Å². The Morgan fingerprint density at radius 2 is 1.69 bits per heavy atom. The molecule has 3 heterocycles. The summed E-state index contributed by atoms with van der Waals surface area (Å²) in [5.74, 6) is -2.24. The van der Waals surface area contributed by atoms with E-state index in [0.717, 1.165) is 27.8 Å². The Bertz CT molecular complexity index is 1950. The molecule has 1 spiro atoms. The number of allylic oxidation sites excluding steroid dienone is 1. The molecule has 1 saturated carbocycles. The second-order valence-electron chi connectivity index (χ2n) is 16.4. The molecule has 4 fully saturated rings. The lowest BCUT2D eigenvalue weighted by Crippen LogP contribution is -2.70. The van der Waals surface area contributed by atoms with Gasteiger partial charge in [0.25, 0.3) is 0 Å². The largest absolute Gasteiger partial charge is 0.508 e. The molecular weight excluding hydrogens is 704 g/mol. The zero-order valence-electron chi connectivity index (χ0n) is 31.3. The van der Waals surface area contributed by atoms with E-state index in [1.807, 2.05) is 60.7 Å². The summed E-state index contributed by atoms with van der Waals surface area (Å²) in [4.78, 5) is 48.1. The van der Waals surface area contributed by atoms with Gasteiger partial charge in [-0.05, 0) is 67.5 Å². The summed E-state index contributed by atoms with van der Waals surface area (Å²) >= 11 is 0. The SMILES string of the molecule is CC(C)(C)OC(=O)CC[C@@H](CO)NC(=O)[C@@]12C[C@H]3OC(=O)[C@@H]1N(Cc1ccc(C=CCc4ccccc4O)cc1)O[C@@H]2[C@H]1OC2(Cc4ccccc4C2)O[C@H]13. The van der Waals surface area contributed by atoms with Crippen LogP contribution in [-0.4, -0.2) is 87.6 Å². The summed E-state index contributed by atoms with van der Waals surface area (Å²) in [6, 6.07) is 21.2. The second-order valence-corrected chi connectivity index (χ2v) is 16.4. The van der Waals surface area contributed by atoms with Gasteiger partial charge in [-0.25, -0.2) is 0 Å². The smallest absolute Gasteiger partial charge is 0.327 e. The van der Waals surface area contributed by atoms with Crippen molar-refractivity contribution < 1.29 is 48.4 Å². The number of phenols is 1. The summed E-state index contributed by atoms with van der Waals surface area (Å²) < 4.78 is 25.1. The molecule has 3 N–H and O–H groups in total. The molecule has 12 nitrogen and oxygen atoms in total. The number of aliphatic hydroxyl groups excluding tert-OH is 1. The van der Waals surface area contributed by atoms with Crippen LogP contribution in [0.3, 0.4) is 0 Å². The third kappa shape index (κ3) is 7.18. The Hall–Kier alpha value is -4.59. The standard InChI is InChI=1S/C43H48N2O10/c1-41(2,3)52-34(48)20-19-31(25-46)44-40(50)43-23-33-35-36(54-42(53-35)21-29-11-4-5-12-30(29)22-42)38(43)55-45(37(43)39(49)51-33)24-27-17-15-26(16-18-27)9-8-13-28-10-6-7-14-32(28)47/h4-12,14-18,31,33,35-38,46-47H,13,19-25H2,1-3H3,(H,44,50)/t31-,33+,35-,36-,37-,38+,43-/m0/s1. The van der Waals surface area contributed by atoms with E-state index in [1.165, 1.54) is 0 Å². The molecule has 290 valence electrons. The predicted molar refractivity (Wildman–Crippen MR) is 199 cm³/mol. The third-order valence-corrected chi connectivity index (χ3v) is 11.3. The van der Waals surface area contributed by atoms with E-state index in [1.54, 1.807) is 38.0 Å². The number of amides is 1. The lowest BCUT2D eigenvalue weighted by Gasteiger charge is -2.49. The fraction of sp³-hybridized carbons (Fsp3) is 0.465. The van der Waals surface area contributed by atoms with Crippen LogP contribution in [0, 0.1) is 5.41 Å². The van der Waals surface area contributed by atoms with Crippen molar-refractivity contribution >= 4 is 23.9 Å². The zero-order valence-corrected chi connectivity index (χ0v) is 31.3. The normalized spacial score (nSPS) is 28.1. The molecule has 0 unspecified atom stereocenters. The number of phenolic OH excluding ortho intramolecular Hbond substituents is 1. The number of benzene rings is 3. The number of esters is 2. The van der Waals surface area contributed by atoms with Crippen molar-refractivity contribution in [2.45, 2.75) is 114 Å². The molecule has 0 radical (unpaired) electrons. The van der Waals surface area contributed by atoms with Crippen LogP contribution in [-0.2, 0) is 64.0 Å². The molecule has 1 amide bonds. The minimum absolute atomic E-state index is 0.0133. The first-order valence-corrected chi connectivity index (χ1v) is 19.1. The average molecular weight is 753 g/mol. The highest BCUT2D eigenvalue weighted by Gasteiger charge is 2.76. The van der Waals surface area contributed by atoms with Crippen molar-refractivity contribution in [1.82, 2.24) is 10.4 Å². The van der Waals surface area contributed by atoms with Gasteiger partial charge in [0.15, 0.2) is 11.8 Å². The Balaban J connectivity index is 1.05. The van der Waals surface area contributed by atoms with E-state index in [-0.39, 0.29) is 31.6 Å². The number of hydrogen-bond donors (Lipinski definition) is 3. The Morgan fingerprint density at radius 1 is 1.00 bits per heavy atom. The number of aromatic hydroxyl groups is 1. The Labute approximate surface area is 320 Å². The van der Waals surface area contributed by atoms with Crippen molar-refractivity contribution in [2.75, 3.05) is 6.61 Å². The molecule has 2 aliphatic carbocycles. The molecular formula is C43H48N2O10. The van der Waals surface area contributed by atoms with Gasteiger partial charge in [-0.1, -0.05) is 78.9 Å². The number of carbonyl (C=O) groups is 3. The number of rotatable bonds is 11. The highest BCUT2D eigenvalue weighted by Crippen LogP contribution is 2.58. The van der Waals surface area contributed by atoms with Crippen LogP contribution in [0.2, 0.25) is 0 Å². The van der Waals surface area contributed by atoms with Crippen molar-refractivity contribution in [3.05, 3.63) is 107 Å². The van der Waals surface area contributed by atoms with E-state index in [0.29, 0.717) is 19.3 Å². The van der Waals surface area contributed by atoms with Crippen LogP contribution in [0.4, 0.5) is 0 Å². The van der Waals surface area contributed by atoms with Crippen LogP contribution in [0.1, 0.15) is 67.9 Å². The van der Waals surface area contributed by atoms with Gasteiger partial charge < -0.3 is 34.5 Å². The summed E-state index contributed by atoms with van der Waals surface area (Å²) in [5.41, 5.74) is 2.76.